The van der Waals surface area contributed by atoms with Gasteiger partial charge in [0.05, 0.1) is 0 Å². The molecule has 0 aromatic carbocycles. The predicted molar refractivity (Wildman–Crippen MR) is 101 cm³/mol. The van der Waals surface area contributed by atoms with Crippen molar-refractivity contribution >= 4 is 11.6 Å². The Hall–Kier alpha value is -1.44. The molecule has 2 heteroatoms. The number of carbonyl (C=O) groups excluding carboxylic acids is 2. The second-order valence-electron chi connectivity index (χ2n) is 3.36. The number of rotatable bonds is 2. The second-order valence-corrected chi connectivity index (χ2v) is 3.36. The van der Waals surface area contributed by atoms with E-state index in [1.54, 1.807) is 6.92 Å². The Morgan fingerprint density at radius 2 is 0.850 bits per heavy atom. The van der Waals surface area contributed by atoms with Crippen LogP contribution in [0.25, 0.3) is 0 Å². The van der Waals surface area contributed by atoms with Gasteiger partial charge in [0.2, 0.25) is 0 Å². The van der Waals surface area contributed by atoms with Crippen LogP contribution in [-0.2, 0) is 9.59 Å². The maximum absolute atomic E-state index is 10.0. The Kier molecular flexibility index (Phi) is 92.5. The molecular weight excluding hydrogens is 248 g/mol. The highest BCUT2D eigenvalue weighted by Gasteiger charge is 1.85. The van der Waals surface area contributed by atoms with Crippen LogP contribution in [0, 0.1) is 0 Å². The van der Waals surface area contributed by atoms with Crippen molar-refractivity contribution in [2.75, 3.05) is 0 Å². The zero-order valence-corrected chi connectivity index (χ0v) is 10.5. The molecule has 0 aliphatic heterocycles. The summed E-state index contributed by atoms with van der Waals surface area (Å²) >= 11 is 0. The van der Waals surface area contributed by atoms with Gasteiger partial charge < -0.3 is 0 Å². The van der Waals surface area contributed by atoms with Crippen molar-refractivity contribution in [3.63, 3.8) is 0 Å². The average molecular weight is 291 g/mol. The minimum Gasteiger partial charge on any atom is -0.295 e. The summed E-state index contributed by atoms with van der Waals surface area (Å²) in [5.74, 6) is 0.0833. The molecule has 20 heavy (non-hydrogen) atoms. The van der Waals surface area contributed by atoms with Gasteiger partial charge in [0.15, 0.2) is 11.6 Å². The zero-order chi connectivity index (χ0) is 13.0. The molecule has 0 atom stereocenters. The normalized spacial score (nSPS) is 5.25. The molecule has 0 bridgehead atoms. The van der Waals surface area contributed by atoms with E-state index in [1.165, 1.54) is 25.5 Å². The van der Waals surface area contributed by atoms with E-state index in [-0.39, 0.29) is 48.7 Å². The number of hydrogen-bond acceptors (Lipinski definition) is 2. The van der Waals surface area contributed by atoms with E-state index < -0.39 is 0 Å². The molecule has 126 valence electrons. The topological polar surface area (TPSA) is 34.1 Å². The van der Waals surface area contributed by atoms with E-state index in [2.05, 4.69) is 19.7 Å². The highest BCUT2D eigenvalue weighted by Crippen LogP contribution is 1.84. The number of ketones is 2. The van der Waals surface area contributed by atoms with E-state index in [0.717, 1.165) is 0 Å². The molecule has 0 amide bonds. The van der Waals surface area contributed by atoms with Crippen LogP contribution in [0.1, 0.15) is 71.8 Å². The molecule has 0 heterocycles. The Bertz CT molecular complexity index is 232. The second kappa shape index (κ2) is 36.0. The third-order valence-electron chi connectivity index (χ3n) is 0.888. The smallest absolute Gasteiger partial charge is 0.154 e. The third kappa shape index (κ3) is 193. The summed E-state index contributed by atoms with van der Waals surface area (Å²) in [5, 5.41) is 0. The van der Waals surface area contributed by atoms with E-state index >= 15 is 0 Å². The van der Waals surface area contributed by atoms with E-state index in [4.69, 9.17) is 0 Å². The molecule has 0 aliphatic carbocycles. The van der Waals surface area contributed by atoms with Gasteiger partial charge in [0.1, 0.15) is 0 Å². The summed E-state index contributed by atoms with van der Waals surface area (Å²) in [6.45, 7) is 18.8. The molecule has 2 nitrogen and oxygen atoms in total. The minimum atomic E-state index is 0. The maximum atomic E-state index is 10.0. The maximum Gasteiger partial charge on any atom is 0.154 e. The van der Waals surface area contributed by atoms with E-state index in [1.807, 2.05) is 13.8 Å². The molecule has 0 N–H and O–H groups in total. The van der Waals surface area contributed by atoms with Gasteiger partial charge in [-0.2, -0.15) is 0 Å². The van der Waals surface area contributed by atoms with Crippen molar-refractivity contribution in [1.82, 2.24) is 0 Å². The largest absolute Gasteiger partial charge is 0.295 e. The first-order valence-electron chi connectivity index (χ1n) is 4.56. The van der Waals surface area contributed by atoms with Crippen LogP contribution in [0.2, 0.25) is 0 Å². The first-order chi connectivity index (χ1) is 6.64. The molecule has 0 rings (SSSR count). The van der Waals surface area contributed by atoms with Crippen molar-refractivity contribution in [1.29, 1.82) is 0 Å². The highest BCUT2D eigenvalue weighted by atomic mass is 16.1. The van der Waals surface area contributed by atoms with Gasteiger partial charge in [-0.05, 0) is 46.3 Å². The van der Waals surface area contributed by atoms with Gasteiger partial charge in [-0.3, -0.25) is 9.59 Å². The standard InChI is InChI=1S/C5H8O.C4H6O.C4H8.5CH4/c1-4(2)5(3)6;1-3-4(2)5;1-4(2)3;;;;;/h1H2,2-3H3;3H,1H2,2H3;1H2,2-3H3;5*1H4. The molecule has 0 aliphatic rings. The van der Waals surface area contributed by atoms with Gasteiger partial charge in [-0.15, -0.1) is 6.58 Å². The van der Waals surface area contributed by atoms with Crippen molar-refractivity contribution in [2.24, 2.45) is 0 Å². The fraction of sp³-hybridized carbons (Fsp3) is 0.556. The van der Waals surface area contributed by atoms with Gasteiger partial charge in [0, 0.05) is 0 Å². The number of carbonyl (C=O) groups is 2. The fourth-order valence-corrected chi connectivity index (χ4v) is 0. The van der Waals surface area contributed by atoms with Crippen molar-refractivity contribution in [3.8, 4) is 0 Å². The number of Topliss-reactive ketones (excluding diaryl/α,β-unsaturated/α-hetero) is 1. The Morgan fingerprint density at radius 1 is 0.750 bits per heavy atom. The molecule has 0 spiro atoms. The quantitative estimate of drug-likeness (QED) is 0.420. The lowest BCUT2D eigenvalue weighted by atomic mass is 10.3. The van der Waals surface area contributed by atoms with E-state index in [9.17, 15) is 9.59 Å². The molecular formula is C18H42O2. The van der Waals surface area contributed by atoms with Crippen LogP contribution in [-0.4, -0.2) is 11.6 Å². The summed E-state index contributed by atoms with van der Waals surface area (Å²) in [5.41, 5.74) is 1.79. The van der Waals surface area contributed by atoms with Gasteiger partial charge in [-0.1, -0.05) is 55.9 Å². The zero-order valence-electron chi connectivity index (χ0n) is 10.5. The minimum absolute atomic E-state index is 0. The van der Waals surface area contributed by atoms with Crippen LogP contribution in [0.4, 0.5) is 0 Å². The molecule has 0 radical (unpaired) electrons. The monoisotopic (exact) mass is 290 g/mol. The van der Waals surface area contributed by atoms with Crippen LogP contribution in [0.3, 0.4) is 0 Å². The number of hydrogen-bond donors (Lipinski definition) is 0. The SMILES string of the molecule is C.C.C.C.C.C=C(C)C.C=C(C)C(C)=O.C=CC(C)=O. The fourth-order valence-electron chi connectivity index (χ4n) is 0. The first kappa shape index (κ1) is 51.3. The summed E-state index contributed by atoms with van der Waals surface area (Å²) in [6.07, 6.45) is 1.28. The van der Waals surface area contributed by atoms with Crippen LogP contribution >= 0.6 is 0 Å². The first-order valence-corrected chi connectivity index (χ1v) is 4.56. The Labute approximate surface area is 130 Å². The van der Waals surface area contributed by atoms with Crippen molar-refractivity contribution in [3.05, 3.63) is 37.0 Å². The van der Waals surface area contributed by atoms with Crippen LogP contribution in [0.15, 0.2) is 37.0 Å². The van der Waals surface area contributed by atoms with Crippen LogP contribution < -0.4 is 0 Å². The van der Waals surface area contributed by atoms with Gasteiger partial charge in [0.25, 0.3) is 0 Å². The average Bonchev–Trinajstić information content (AvgIpc) is 2.04. The van der Waals surface area contributed by atoms with E-state index in [0.29, 0.717) is 5.57 Å². The lowest BCUT2D eigenvalue weighted by Crippen LogP contribution is -1.86. The number of allylic oxidation sites excluding steroid dienone is 3. The lowest BCUT2D eigenvalue weighted by molar-refractivity contribution is -0.114. The Balaban J connectivity index is -0.0000000162. The van der Waals surface area contributed by atoms with Crippen molar-refractivity contribution in [2.45, 2.75) is 71.8 Å². The molecule has 0 saturated carbocycles. The van der Waals surface area contributed by atoms with Crippen LogP contribution in [0.5, 0.6) is 0 Å². The van der Waals surface area contributed by atoms with Gasteiger partial charge >= 0.3 is 0 Å². The predicted octanol–water partition coefficient (Wildman–Crippen LogP) is 6.68. The van der Waals surface area contributed by atoms with Gasteiger partial charge in [-0.25, -0.2) is 0 Å². The van der Waals surface area contributed by atoms with Crippen molar-refractivity contribution < 1.29 is 9.59 Å². The molecule has 0 aromatic rings. The lowest BCUT2D eigenvalue weighted by Gasteiger charge is -1.80. The summed E-state index contributed by atoms with van der Waals surface area (Å²) in [6, 6.07) is 0. The molecule has 0 saturated heterocycles. The molecule has 0 unspecified atom stereocenters. The highest BCUT2D eigenvalue weighted by molar-refractivity contribution is 5.91. The Morgan fingerprint density at radius 3 is 0.850 bits per heavy atom. The third-order valence-corrected chi connectivity index (χ3v) is 0.888. The summed E-state index contributed by atoms with van der Waals surface area (Å²) in [7, 11) is 0. The summed E-state index contributed by atoms with van der Waals surface area (Å²) < 4.78 is 0. The molecule has 0 aromatic heterocycles. The molecule has 0 fully saturated rings. The summed E-state index contributed by atoms with van der Waals surface area (Å²) in [4.78, 5) is 19.7.